The van der Waals surface area contributed by atoms with Gasteiger partial charge in [-0.2, -0.15) is 0 Å². The predicted molar refractivity (Wildman–Crippen MR) is 142 cm³/mol. The number of hydrogen-bond donors (Lipinski definition) is 0. The van der Waals surface area contributed by atoms with Gasteiger partial charge in [0, 0.05) is 0 Å². The largest absolute Gasteiger partial charge is 0.479 e. The fourth-order valence-electron chi connectivity index (χ4n) is 3.30. The standard InChI is InChI=1S/C24H15I2NO3S/c1-2-10-30-22-19(25)11-15(12-20(22)26)13-21-23(28)27(24(29)31-21)14-17-8-5-7-16-6-3-4-9-18(16)17/h1,3-9,11-13H,10,14H2/b21-13-. The van der Waals surface area contributed by atoms with Crippen molar-refractivity contribution in [3.8, 4) is 18.1 Å². The first-order valence-corrected chi connectivity index (χ1v) is 12.2. The second-order valence-corrected chi connectivity index (χ2v) is 10.0. The Morgan fingerprint density at radius 3 is 2.52 bits per heavy atom. The number of hydrogen-bond acceptors (Lipinski definition) is 4. The van der Waals surface area contributed by atoms with Crippen LogP contribution in [0.3, 0.4) is 0 Å². The van der Waals surface area contributed by atoms with Crippen LogP contribution in [0, 0.1) is 19.5 Å². The molecule has 0 unspecified atom stereocenters. The van der Waals surface area contributed by atoms with Crippen LogP contribution in [0.4, 0.5) is 4.79 Å². The number of ether oxygens (including phenoxy) is 1. The average molecular weight is 651 g/mol. The highest BCUT2D eigenvalue weighted by Gasteiger charge is 2.35. The Labute approximate surface area is 211 Å². The molecule has 0 saturated carbocycles. The summed E-state index contributed by atoms with van der Waals surface area (Å²) < 4.78 is 7.37. The quantitative estimate of drug-likeness (QED) is 0.185. The van der Waals surface area contributed by atoms with Gasteiger partial charge in [0.05, 0.1) is 18.6 Å². The minimum Gasteiger partial charge on any atom is -0.479 e. The molecule has 2 amide bonds. The van der Waals surface area contributed by atoms with Crippen molar-refractivity contribution in [2.45, 2.75) is 6.54 Å². The zero-order valence-electron chi connectivity index (χ0n) is 16.1. The molecule has 3 aromatic carbocycles. The summed E-state index contributed by atoms with van der Waals surface area (Å²) in [4.78, 5) is 27.3. The van der Waals surface area contributed by atoms with Crippen molar-refractivity contribution in [2.75, 3.05) is 6.61 Å². The Balaban J connectivity index is 1.60. The number of thioether (sulfide) groups is 1. The van der Waals surface area contributed by atoms with Crippen LogP contribution < -0.4 is 4.74 Å². The Morgan fingerprint density at radius 1 is 1.06 bits per heavy atom. The highest BCUT2D eigenvalue weighted by Crippen LogP contribution is 2.36. The molecule has 4 rings (SSSR count). The number of fused-ring (bicyclic) bond motifs is 1. The molecule has 7 heteroatoms. The number of imide groups is 1. The number of benzene rings is 3. The lowest BCUT2D eigenvalue weighted by Gasteiger charge is -2.14. The van der Waals surface area contributed by atoms with Gasteiger partial charge < -0.3 is 4.74 Å². The van der Waals surface area contributed by atoms with Crippen molar-refractivity contribution < 1.29 is 14.3 Å². The van der Waals surface area contributed by atoms with Gasteiger partial charge >= 0.3 is 0 Å². The first kappa shape index (κ1) is 22.2. The zero-order valence-corrected chi connectivity index (χ0v) is 21.2. The SMILES string of the molecule is C#CCOc1c(I)cc(/C=C2\SC(=O)N(Cc3cccc4ccccc34)C2=O)cc1I. The van der Waals surface area contributed by atoms with E-state index in [0.717, 1.165) is 46.6 Å². The van der Waals surface area contributed by atoms with E-state index < -0.39 is 0 Å². The van der Waals surface area contributed by atoms with Crippen molar-refractivity contribution in [1.82, 2.24) is 4.90 Å². The summed E-state index contributed by atoms with van der Waals surface area (Å²) in [7, 11) is 0. The van der Waals surface area contributed by atoms with Crippen LogP contribution in [0.5, 0.6) is 5.75 Å². The summed E-state index contributed by atoms with van der Waals surface area (Å²) in [5.41, 5.74) is 1.78. The minimum atomic E-state index is -0.277. The van der Waals surface area contributed by atoms with E-state index in [4.69, 9.17) is 11.2 Å². The Morgan fingerprint density at radius 2 is 1.77 bits per heavy atom. The van der Waals surface area contributed by atoms with Gasteiger partial charge in [-0.3, -0.25) is 14.5 Å². The maximum Gasteiger partial charge on any atom is 0.293 e. The van der Waals surface area contributed by atoms with Crippen LogP contribution in [0.1, 0.15) is 11.1 Å². The highest BCUT2D eigenvalue weighted by molar-refractivity contribution is 14.1. The monoisotopic (exact) mass is 651 g/mol. The molecule has 1 heterocycles. The molecule has 0 N–H and O–H groups in total. The van der Waals surface area contributed by atoms with Gasteiger partial charge in [0.1, 0.15) is 12.4 Å². The highest BCUT2D eigenvalue weighted by atomic mass is 127. The van der Waals surface area contributed by atoms with Crippen LogP contribution in [0.15, 0.2) is 59.5 Å². The number of carbonyl (C=O) groups excluding carboxylic acids is 2. The van der Waals surface area contributed by atoms with E-state index in [-0.39, 0.29) is 24.3 Å². The van der Waals surface area contributed by atoms with Crippen molar-refractivity contribution in [3.63, 3.8) is 0 Å². The van der Waals surface area contributed by atoms with Crippen LogP contribution in [0.25, 0.3) is 16.8 Å². The van der Waals surface area contributed by atoms with E-state index in [9.17, 15) is 9.59 Å². The first-order valence-electron chi connectivity index (χ1n) is 9.25. The molecule has 0 radical (unpaired) electrons. The number of rotatable bonds is 5. The molecule has 1 aliphatic rings. The Bertz CT molecular complexity index is 1250. The van der Waals surface area contributed by atoms with Crippen molar-refractivity contribution in [3.05, 3.63) is 77.8 Å². The molecule has 154 valence electrons. The van der Waals surface area contributed by atoms with E-state index >= 15 is 0 Å². The van der Waals surface area contributed by atoms with Crippen LogP contribution in [0.2, 0.25) is 0 Å². The molecular weight excluding hydrogens is 636 g/mol. The molecule has 3 aromatic rings. The predicted octanol–water partition coefficient (Wildman–Crippen LogP) is 6.30. The van der Waals surface area contributed by atoms with Gasteiger partial charge in [0.25, 0.3) is 11.1 Å². The lowest BCUT2D eigenvalue weighted by Crippen LogP contribution is -2.27. The van der Waals surface area contributed by atoms with Crippen LogP contribution in [-0.4, -0.2) is 22.7 Å². The molecular formula is C24H15I2NO3S. The summed E-state index contributed by atoms with van der Waals surface area (Å²) in [6, 6.07) is 17.7. The molecule has 0 spiro atoms. The van der Waals surface area contributed by atoms with Crippen molar-refractivity contribution >= 4 is 84.9 Å². The van der Waals surface area contributed by atoms with Gasteiger partial charge in [-0.05, 0) is 97.1 Å². The molecule has 31 heavy (non-hydrogen) atoms. The van der Waals surface area contributed by atoms with E-state index in [1.807, 2.05) is 54.6 Å². The Hall–Kier alpha value is -2.03. The lowest BCUT2D eigenvalue weighted by atomic mass is 10.0. The summed E-state index contributed by atoms with van der Waals surface area (Å²) in [5.74, 6) is 2.90. The normalized spacial score (nSPS) is 15.0. The maximum atomic E-state index is 13.0. The van der Waals surface area contributed by atoms with Gasteiger partial charge in [0.2, 0.25) is 0 Å². The summed E-state index contributed by atoms with van der Waals surface area (Å²) in [6.45, 7) is 0.440. The number of terminal acetylenes is 1. The smallest absolute Gasteiger partial charge is 0.293 e. The molecule has 1 saturated heterocycles. The molecule has 0 bridgehead atoms. The van der Waals surface area contributed by atoms with Crippen LogP contribution in [-0.2, 0) is 11.3 Å². The molecule has 1 fully saturated rings. The summed E-state index contributed by atoms with van der Waals surface area (Å²) in [5, 5.41) is 1.86. The fourth-order valence-corrected chi connectivity index (χ4v) is 6.27. The van der Waals surface area contributed by atoms with Crippen LogP contribution >= 0.6 is 56.9 Å². The number of halogens is 2. The maximum absolute atomic E-state index is 13.0. The molecule has 4 nitrogen and oxygen atoms in total. The van der Waals surface area contributed by atoms with E-state index in [1.54, 1.807) is 6.08 Å². The fraction of sp³-hybridized carbons (Fsp3) is 0.0833. The summed E-state index contributed by atoms with van der Waals surface area (Å²) in [6.07, 6.45) is 7.03. The molecule has 0 atom stereocenters. The molecule has 0 aromatic heterocycles. The lowest BCUT2D eigenvalue weighted by molar-refractivity contribution is -0.123. The zero-order chi connectivity index (χ0) is 22.0. The number of amides is 2. The second kappa shape index (κ2) is 9.63. The van der Waals surface area contributed by atoms with Gasteiger partial charge in [-0.15, -0.1) is 6.42 Å². The van der Waals surface area contributed by atoms with E-state index in [0.29, 0.717) is 4.91 Å². The minimum absolute atomic E-state index is 0.193. The summed E-state index contributed by atoms with van der Waals surface area (Å²) >= 11 is 5.32. The molecule has 1 aliphatic heterocycles. The number of carbonyl (C=O) groups is 2. The molecule has 0 aliphatic carbocycles. The first-order chi connectivity index (χ1) is 15.0. The topological polar surface area (TPSA) is 46.6 Å². The van der Waals surface area contributed by atoms with Crippen molar-refractivity contribution in [2.24, 2.45) is 0 Å². The van der Waals surface area contributed by atoms with Crippen molar-refractivity contribution in [1.29, 1.82) is 0 Å². The third-order valence-electron chi connectivity index (χ3n) is 4.70. The van der Waals surface area contributed by atoms with Gasteiger partial charge in [-0.1, -0.05) is 48.4 Å². The van der Waals surface area contributed by atoms with Gasteiger partial charge in [-0.25, -0.2) is 0 Å². The average Bonchev–Trinajstić information content (AvgIpc) is 3.01. The van der Waals surface area contributed by atoms with E-state index in [2.05, 4.69) is 51.1 Å². The number of nitrogens with zero attached hydrogens (tertiary/aromatic N) is 1. The second-order valence-electron chi connectivity index (χ2n) is 6.71. The van der Waals surface area contributed by atoms with Gasteiger partial charge in [0.15, 0.2) is 0 Å². The Kier molecular flexibility index (Phi) is 6.89. The van der Waals surface area contributed by atoms with E-state index in [1.165, 1.54) is 4.90 Å². The third-order valence-corrected chi connectivity index (χ3v) is 7.21. The third kappa shape index (κ3) is 4.76.